The predicted molar refractivity (Wildman–Crippen MR) is 107 cm³/mol. The van der Waals surface area contributed by atoms with Gasteiger partial charge in [0.25, 0.3) is 5.91 Å². The Hall–Kier alpha value is 0.320. The molecule has 0 spiro atoms. The summed E-state index contributed by atoms with van der Waals surface area (Å²) in [6, 6.07) is 5.83. The summed E-state index contributed by atoms with van der Waals surface area (Å²) in [5.41, 5.74) is 0.683. The molecule has 1 heterocycles. The molecule has 0 unspecified atom stereocenters. The standard InChI is InChI=1S/C14H19NO4S5/c1-17-6-7-19-9-8-18-5-4-15-14(16)11-2-3-12-13(10-11)21-23-24-22-20-12/h2-3,10H,4-9H2,1H3,(H,15,16). The van der Waals surface area contributed by atoms with Crippen molar-refractivity contribution in [2.45, 2.75) is 9.79 Å². The van der Waals surface area contributed by atoms with Gasteiger partial charge in [-0.1, -0.05) is 0 Å². The van der Waals surface area contributed by atoms with E-state index in [4.69, 9.17) is 14.2 Å². The highest BCUT2D eigenvalue weighted by atomic mass is 33.8. The zero-order valence-electron chi connectivity index (χ0n) is 13.1. The van der Waals surface area contributed by atoms with Crippen molar-refractivity contribution in [3.63, 3.8) is 0 Å². The molecule has 0 atom stereocenters. The number of rotatable bonds is 10. The number of carbonyl (C=O) groups is 1. The zero-order valence-corrected chi connectivity index (χ0v) is 17.2. The molecule has 10 heteroatoms. The number of nitrogens with one attached hydrogen (secondary N) is 1. The van der Waals surface area contributed by atoms with Crippen molar-refractivity contribution in [1.29, 1.82) is 0 Å². The summed E-state index contributed by atoms with van der Waals surface area (Å²) in [5.74, 6) is -0.0714. The first-order valence-electron chi connectivity index (χ1n) is 7.22. The Morgan fingerprint density at radius 2 is 1.67 bits per heavy atom. The van der Waals surface area contributed by atoms with Crippen molar-refractivity contribution in [2.24, 2.45) is 0 Å². The van der Waals surface area contributed by atoms with Crippen LogP contribution in [0.5, 0.6) is 0 Å². The monoisotopic (exact) mass is 425 g/mol. The molecule has 24 heavy (non-hydrogen) atoms. The van der Waals surface area contributed by atoms with Crippen molar-refractivity contribution in [3.8, 4) is 0 Å². The van der Waals surface area contributed by atoms with Gasteiger partial charge >= 0.3 is 0 Å². The molecule has 0 saturated heterocycles. The molecule has 1 N–H and O–H groups in total. The van der Waals surface area contributed by atoms with Gasteiger partial charge in [0.15, 0.2) is 0 Å². The van der Waals surface area contributed by atoms with Crippen molar-refractivity contribution in [3.05, 3.63) is 23.8 Å². The van der Waals surface area contributed by atoms with E-state index >= 15 is 0 Å². The Morgan fingerprint density at radius 3 is 2.46 bits per heavy atom. The van der Waals surface area contributed by atoms with Gasteiger partial charge < -0.3 is 19.5 Å². The number of amides is 1. The minimum Gasteiger partial charge on any atom is -0.382 e. The van der Waals surface area contributed by atoms with Crippen molar-refractivity contribution in [2.75, 3.05) is 46.7 Å². The smallest absolute Gasteiger partial charge is 0.251 e. The summed E-state index contributed by atoms with van der Waals surface area (Å²) in [7, 11) is 10.3. The van der Waals surface area contributed by atoms with Crippen LogP contribution in [0.1, 0.15) is 10.4 Å². The van der Waals surface area contributed by atoms with Gasteiger partial charge in [0.1, 0.15) is 0 Å². The molecule has 1 aromatic rings. The Bertz CT molecular complexity index is 520. The molecule has 1 aliphatic rings. The largest absolute Gasteiger partial charge is 0.382 e. The fourth-order valence-corrected chi connectivity index (χ4v) is 10.6. The number of carbonyl (C=O) groups excluding carboxylic acids is 1. The van der Waals surface area contributed by atoms with Crippen molar-refractivity contribution >= 4 is 57.0 Å². The van der Waals surface area contributed by atoms with Crippen LogP contribution in [0.25, 0.3) is 0 Å². The highest BCUT2D eigenvalue weighted by molar-refractivity contribution is 9.36. The number of methoxy groups -OCH3 is 1. The van der Waals surface area contributed by atoms with Gasteiger partial charge in [0.05, 0.1) is 33.0 Å². The van der Waals surface area contributed by atoms with E-state index < -0.39 is 0 Å². The van der Waals surface area contributed by atoms with Gasteiger partial charge in [0.2, 0.25) is 0 Å². The van der Waals surface area contributed by atoms with Gasteiger partial charge in [-0.15, -0.1) is 0 Å². The molecule has 2 rings (SSSR count). The van der Waals surface area contributed by atoms with E-state index in [-0.39, 0.29) is 5.91 Å². The maximum absolute atomic E-state index is 12.2. The normalized spacial score (nSPS) is 14.0. The van der Waals surface area contributed by atoms with Crippen LogP contribution in [0.2, 0.25) is 0 Å². The van der Waals surface area contributed by atoms with E-state index in [1.54, 1.807) is 58.2 Å². The van der Waals surface area contributed by atoms with E-state index in [1.807, 2.05) is 18.2 Å². The molecule has 0 saturated carbocycles. The molecule has 1 aromatic carbocycles. The number of benzene rings is 1. The molecule has 5 nitrogen and oxygen atoms in total. The van der Waals surface area contributed by atoms with E-state index in [1.165, 1.54) is 4.90 Å². The minimum atomic E-state index is -0.0714. The van der Waals surface area contributed by atoms with Gasteiger partial charge in [-0.3, -0.25) is 4.79 Å². The van der Waals surface area contributed by atoms with Crippen LogP contribution in [-0.2, 0) is 14.2 Å². The molecule has 134 valence electrons. The number of fused-ring (bicyclic) bond motifs is 1. The molecule has 0 bridgehead atoms. The lowest BCUT2D eigenvalue weighted by molar-refractivity contribution is 0.0255. The van der Waals surface area contributed by atoms with E-state index in [2.05, 4.69) is 5.32 Å². The van der Waals surface area contributed by atoms with Crippen LogP contribution in [0.3, 0.4) is 0 Å². The SMILES string of the molecule is COCCOCCOCCNC(=O)c1ccc2c(c1)SSSSS2. The molecular weight excluding hydrogens is 406 g/mol. The number of ether oxygens (including phenoxy) is 3. The molecule has 1 aliphatic heterocycles. The second-order valence-electron chi connectivity index (χ2n) is 4.51. The highest BCUT2D eigenvalue weighted by Gasteiger charge is 2.14. The fraction of sp³-hybridized carbons (Fsp3) is 0.500. The summed E-state index contributed by atoms with van der Waals surface area (Å²) >= 11 is 0. The summed E-state index contributed by atoms with van der Waals surface area (Å²) in [4.78, 5) is 14.5. The minimum absolute atomic E-state index is 0.0714. The van der Waals surface area contributed by atoms with Crippen LogP contribution < -0.4 is 5.32 Å². The summed E-state index contributed by atoms with van der Waals surface area (Å²) in [6.45, 7) is 3.15. The summed E-state index contributed by atoms with van der Waals surface area (Å²) in [6.07, 6.45) is 0. The molecule has 0 radical (unpaired) electrons. The third kappa shape index (κ3) is 7.69. The van der Waals surface area contributed by atoms with E-state index in [0.717, 1.165) is 4.90 Å². The maximum Gasteiger partial charge on any atom is 0.251 e. The Kier molecular flexibility index (Phi) is 10.9. The lowest BCUT2D eigenvalue weighted by Crippen LogP contribution is -2.27. The Balaban J connectivity index is 1.63. The first-order chi connectivity index (χ1) is 11.8. The fourth-order valence-electron chi connectivity index (χ4n) is 1.70. The molecule has 0 aromatic heterocycles. The van der Waals surface area contributed by atoms with Crippen LogP contribution in [0.15, 0.2) is 28.0 Å². The van der Waals surface area contributed by atoms with Crippen LogP contribution in [0.4, 0.5) is 0 Å². The lowest BCUT2D eigenvalue weighted by Gasteiger charge is -2.09. The first-order valence-corrected chi connectivity index (χ1v) is 13.4. The average molecular weight is 426 g/mol. The maximum atomic E-state index is 12.2. The predicted octanol–water partition coefficient (Wildman–Crippen LogP) is 4.15. The average Bonchev–Trinajstić information content (AvgIpc) is 2.84. The second kappa shape index (κ2) is 12.6. The molecule has 0 fully saturated rings. The summed E-state index contributed by atoms with van der Waals surface area (Å²) < 4.78 is 15.6. The molecule has 0 aliphatic carbocycles. The second-order valence-corrected chi connectivity index (χ2v) is 12.0. The van der Waals surface area contributed by atoms with Gasteiger partial charge in [-0.05, 0) is 69.3 Å². The number of hydrogen-bond acceptors (Lipinski definition) is 9. The van der Waals surface area contributed by atoms with E-state index in [0.29, 0.717) is 45.1 Å². The molecular formula is C14H19NO4S5. The van der Waals surface area contributed by atoms with Crippen LogP contribution in [0, 0.1) is 0 Å². The van der Waals surface area contributed by atoms with E-state index in [9.17, 15) is 4.79 Å². The molecule has 1 amide bonds. The van der Waals surface area contributed by atoms with Crippen molar-refractivity contribution < 1.29 is 19.0 Å². The Morgan fingerprint density at radius 1 is 0.958 bits per heavy atom. The Labute approximate surface area is 161 Å². The third-order valence-corrected chi connectivity index (χ3v) is 11.3. The zero-order chi connectivity index (χ0) is 17.0. The van der Waals surface area contributed by atoms with Crippen molar-refractivity contribution in [1.82, 2.24) is 5.32 Å². The highest BCUT2D eigenvalue weighted by Crippen LogP contribution is 2.59. The lowest BCUT2D eigenvalue weighted by atomic mass is 10.2. The van der Waals surface area contributed by atoms with Gasteiger partial charge in [-0.2, -0.15) is 0 Å². The quantitative estimate of drug-likeness (QED) is 0.440. The van der Waals surface area contributed by atoms with Crippen LogP contribution in [-0.4, -0.2) is 52.6 Å². The first kappa shape index (κ1) is 20.6. The van der Waals surface area contributed by atoms with Crippen LogP contribution >= 0.6 is 51.1 Å². The third-order valence-electron chi connectivity index (χ3n) is 2.84. The summed E-state index contributed by atoms with van der Waals surface area (Å²) in [5, 5.41) is 2.87. The van der Waals surface area contributed by atoms with Gasteiger partial charge in [0, 0.05) is 29.0 Å². The topological polar surface area (TPSA) is 56.8 Å². The number of hydrogen-bond donors (Lipinski definition) is 1. The van der Waals surface area contributed by atoms with Gasteiger partial charge in [-0.25, -0.2) is 0 Å².